The van der Waals surface area contributed by atoms with E-state index in [1.807, 2.05) is 36.4 Å². The minimum atomic E-state index is -3.39. The summed E-state index contributed by atoms with van der Waals surface area (Å²) < 4.78 is 28.0. The molecule has 0 amide bonds. The number of sulfonamides is 1. The normalized spacial score (nSPS) is 26.3. The molecular formula is C17H19NO2S. The van der Waals surface area contributed by atoms with Crippen molar-refractivity contribution >= 4 is 20.8 Å². The van der Waals surface area contributed by atoms with Gasteiger partial charge in [-0.25, -0.2) is 8.42 Å². The van der Waals surface area contributed by atoms with Crippen LogP contribution in [0.15, 0.2) is 47.4 Å². The Balaban J connectivity index is 1.84. The molecule has 4 heteroatoms. The second-order valence-corrected chi connectivity index (χ2v) is 8.00. The smallest absolute Gasteiger partial charge is 0.207 e. The van der Waals surface area contributed by atoms with Gasteiger partial charge in [-0.2, -0.15) is 4.31 Å². The average molecular weight is 301 g/mol. The van der Waals surface area contributed by atoms with Gasteiger partial charge in [0.1, 0.15) is 0 Å². The van der Waals surface area contributed by atoms with Crippen molar-refractivity contribution < 1.29 is 8.42 Å². The summed E-state index contributed by atoms with van der Waals surface area (Å²) >= 11 is 0. The van der Waals surface area contributed by atoms with Gasteiger partial charge >= 0.3 is 0 Å². The fraction of sp³-hybridized carbons (Fsp3) is 0.412. The zero-order valence-electron chi connectivity index (χ0n) is 11.9. The molecule has 1 saturated carbocycles. The van der Waals surface area contributed by atoms with Gasteiger partial charge in [0.2, 0.25) is 10.0 Å². The second kappa shape index (κ2) is 4.82. The Morgan fingerprint density at radius 2 is 1.76 bits per heavy atom. The Morgan fingerprint density at radius 3 is 2.67 bits per heavy atom. The summed E-state index contributed by atoms with van der Waals surface area (Å²) in [5, 5.41) is 1.82. The Bertz CT molecular complexity index is 779. The van der Waals surface area contributed by atoms with Crippen LogP contribution < -0.4 is 0 Å². The monoisotopic (exact) mass is 301 g/mol. The highest BCUT2D eigenvalue weighted by molar-refractivity contribution is 7.89. The number of benzene rings is 2. The molecule has 1 heterocycles. The Labute approximate surface area is 125 Å². The number of hydrogen-bond acceptors (Lipinski definition) is 2. The van der Waals surface area contributed by atoms with Crippen LogP contribution in [0.3, 0.4) is 0 Å². The zero-order chi connectivity index (χ0) is 14.4. The maximum atomic E-state index is 13.1. The van der Waals surface area contributed by atoms with E-state index in [0.717, 1.165) is 30.0 Å². The SMILES string of the molecule is O=S(=O)(c1cccc2ccccc12)N1CCC2CCCC21. The minimum Gasteiger partial charge on any atom is -0.207 e. The standard InChI is InChI=1S/C17H19NO2S/c19-21(20,18-12-11-14-7-3-9-16(14)18)17-10-4-6-13-5-1-2-8-15(13)17/h1-2,4-6,8,10,14,16H,3,7,9,11-12H2. The van der Waals surface area contributed by atoms with E-state index in [0.29, 0.717) is 17.4 Å². The van der Waals surface area contributed by atoms with E-state index in [9.17, 15) is 8.42 Å². The van der Waals surface area contributed by atoms with E-state index in [1.54, 1.807) is 10.4 Å². The zero-order valence-corrected chi connectivity index (χ0v) is 12.7. The summed E-state index contributed by atoms with van der Waals surface area (Å²) in [5.41, 5.74) is 0. The van der Waals surface area contributed by atoms with Crippen molar-refractivity contribution in [2.24, 2.45) is 5.92 Å². The highest BCUT2D eigenvalue weighted by Crippen LogP contribution is 2.41. The molecule has 2 unspecified atom stereocenters. The molecule has 2 aromatic carbocycles. The molecule has 2 aliphatic rings. The predicted octanol–water partition coefficient (Wildman–Crippen LogP) is 3.40. The molecule has 1 aliphatic heterocycles. The van der Waals surface area contributed by atoms with E-state index in [4.69, 9.17) is 0 Å². The molecule has 3 nitrogen and oxygen atoms in total. The summed E-state index contributed by atoms with van der Waals surface area (Å²) in [7, 11) is -3.39. The first-order valence-corrected chi connectivity index (χ1v) is 9.11. The van der Waals surface area contributed by atoms with Crippen molar-refractivity contribution in [2.45, 2.75) is 36.6 Å². The van der Waals surface area contributed by atoms with E-state index >= 15 is 0 Å². The topological polar surface area (TPSA) is 37.4 Å². The van der Waals surface area contributed by atoms with Crippen LogP contribution in [0.2, 0.25) is 0 Å². The van der Waals surface area contributed by atoms with Crippen LogP contribution in [0, 0.1) is 5.92 Å². The third-order valence-corrected chi connectivity index (χ3v) is 7.03. The third-order valence-electron chi connectivity index (χ3n) is 5.05. The van der Waals surface area contributed by atoms with Gasteiger partial charge in [-0.1, -0.05) is 42.8 Å². The first-order chi connectivity index (χ1) is 10.2. The molecule has 21 heavy (non-hydrogen) atoms. The van der Waals surface area contributed by atoms with Gasteiger partial charge in [-0.05, 0) is 36.6 Å². The lowest BCUT2D eigenvalue weighted by Gasteiger charge is -2.24. The summed E-state index contributed by atoms with van der Waals surface area (Å²) in [6, 6.07) is 13.5. The van der Waals surface area contributed by atoms with Gasteiger partial charge in [0.05, 0.1) is 4.90 Å². The highest BCUT2D eigenvalue weighted by Gasteiger charge is 2.43. The lowest BCUT2D eigenvalue weighted by atomic mass is 10.1. The van der Waals surface area contributed by atoms with Gasteiger partial charge in [-0.15, -0.1) is 0 Å². The molecule has 0 N–H and O–H groups in total. The first-order valence-electron chi connectivity index (χ1n) is 7.67. The van der Waals surface area contributed by atoms with E-state index < -0.39 is 10.0 Å². The molecule has 2 aromatic rings. The number of nitrogens with zero attached hydrogens (tertiary/aromatic N) is 1. The highest BCUT2D eigenvalue weighted by atomic mass is 32.2. The van der Waals surface area contributed by atoms with Crippen LogP contribution in [0.1, 0.15) is 25.7 Å². The third kappa shape index (κ3) is 2.00. The van der Waals surface area contributed by atoms with Gasteiger partial charge in [0.25, 0.3) is 0 Å². The Kier molecular flexibility index (Phi) is 3.05. The van der Waals surface area contributed by atoms with Gasteiger partial charge in [0, 0.05) is 18.0 Å². The average Bonchev–Trinajstić information content (AvgIpc) is 3.09. The molecule has 2 atom stereocenters. The Morgan fingerprint density at radius 1 is 0.952 bits per heavy atom. The molecule has 2 fully saturated rings. The maximum absolute atomic E-state index is 13.1. The number of fused-ring (bicyclic) bond motifs is 2. The van der Waals surface area contributed by atoms with Crippen LogP contribution in [0.25, 0.3) is 10.8 Å². The molecule has 0 spiro atoms. The van der Waals surface area contributed by atoms with Crippen molar-refractivity contribution in [3.8, 4) is 0 Å². The lowest BCUT2D eigenvalue weighted by Crippen LogP contribution is -2.36. The van der Waals surface area contributed by atoms with Crippen molar-refractivity contribution in [2.75, 3.05) is 6.54 Å². The molecule has 0 aromatic heterocycles. The van der Waals surface area contributed by atoms with Crippen molar-refractivity contribution in [3.63, 3.8) is 0 Å². The van der Waals surface area contributed by atoms with Crippen molar-refractivity contribution in [3.05, 3.63) is 42.5 Å². The largest absolute Gasteiger partial charge is 0.243 e. The maximum Gasteiger partial charge on any atom is 0.243 e. The molecule has 0 bridgehead atoms. The van der Waals surface area contributed by atoms with Crippen LogP contribution in [-0.2, 0) is 10.0 Å². The number of hydrogen-bond donors (Lipinski definition) is 0. The van der Waals surface area contributed by atoms with E-state index in [1.165, 1.54) is 6.42 Å². The van der Waals surface area contributed by atoms with Crippen LogP contribution in [-0.4, -0.2) is 25.3 Å². The molecule has 1 saturated heterocycles. The second-order valence-electron chi connectivity index (χ2n) is 6.14. The van der Waals surface area contributed by atoms with Crippen molar-refractivity contribution in [1.29, 1.82) is 0 Å². The summed E-state index contributed by atoms with van der Waals surface area (Å²) in [4.78, 5) is 0.466. The van der Waals surface area contributed by atoms with E-state index in [-0.39, 0.29) is 6.04 Å². The minimum absolute atomic E-state index is 0.231. The molecule has 0 radical (unpaired) electrons. The van der Waals surface area contributed by atoms with E-state index in [2.05, 4.69) is 0 Å². The molecule has 1 aliphatic carbocycles. The lowest BCUT2D eigenvalue weighted by molar-refractivity contribution is 0.367. The fourth-order valence-corrected chi connectivity index (χ4v) is 5.98. The summed E-state index contributed by atoms with van der Waals surface area (Å²) in [5.74, 6) is 0.578. The summed E-state index contributed by atoms with van der Waals surface area (Å²) in [6.45, 7) is 0.681. The fourth-order valence-electron chi connectivity index (χ4n) is 4.04. The van der Waals surface area contributed by atoms with Gasteiger partial charge < -0.3 is 0 Å². The first kappa shape index (κ1) is 13.3. The van der Waals surface area contributed by atoms with Gasteiger partial charge in [-0.3, -0.25) is 0 Å². The molecular weight excluding hydrogens is 282 g/mol. The quantitative estimate of drug-likeness (QED) is 0.852. The van der Waals surface area contributed by atoms with Crippen LogP contribution in [0.4, 0.5) is 0 Å². The Hall–Kier alpha value is -1.39. The van der Waals surface area contributed by atoms with Crippen molar-refractivity contribution in [1.82, 2.24) is 4.31 Å². The van der Waals surface area contributed by atoms with Gasteiger partial charge in [0.15, 0.2) is 0 Å². The molecule has 110 valence electrons. The van der Waals surface area contributed by atoms with Crippen LogP contribution >= 0.6 is 0 Å². The predicted molar refractivity (Wildman–Crippen MR) is 83.6 cm³/mol. The molecule has 4 rings (SSSR count). The number of rotatable bonds is 2. The summed E-state index contributed by atoms with van der Waals surface area (Å²) in [6.07, 6.45) is 4.40. The van der Waals surface area contributed by atoms with Crippen LogP contribution in [0.5, 0.6) is 0 Å².